The third kappa shape index (κ3) is 3.30. The number of hydrogen-bond donors (Lipinski definition) is 2. The van der Waals surface area contributed by atoms with E-state index in [4.69, 9.17) is 18.0 Å². The van der Waals surface area contributed by atoms with E-state index in [-0.39, 0.29) is 9.88 Å². The summed E-state index contributed by atoms with van der Waals surface area (Å²) in [5.41, 5.74) is 6.55. The molecule has 0 unspecified atom stereocenters. The molecule has 0 spiro atoms. The first-order valence-corrected chi connectivity index (χ1v) is 7.36. The average Bonchev–Trinajstić information content (AvgIpc) is 2.39. The van der Waals surface area contributed by atoms with Gasteiger partial charge in [-0.3, -0.25) is 4.72 Å². The maximum absolute atomic E-state index is 12.1. The third-order valence-corrected chi connectivity index (χ3v) is 4.09. The normalized spacial score (nSPS) is 10.9. The van der Waals surface area contributed by atoms with Gasteiger partial charge >= 0.3 is 0 Å². The lowest BCUT2D eigenvalue weighted by atomic mass is 10.2. The van der Waals surface area contributed by atoms with Crippen molar-refractivity contribution in [3.05, 3.63) is 60.2 Å². The summed E-state index contributed by atoms with van der Waals surface area (Å²) in [6.07, 6.45) is 0. The zero-order chi connectivity index (χ0) is 13.9. The lowest BCUT2D eigenvalue weighted by Crippen LogP contribution is -2.14. The van der Waals surface area contributed by atoms with Gasteiger partial charge in [0.1, 0.15) is 4.99 Å². The smallest absolute Gasteiger partial charge is 0.261 e. The van der Waals surface area contributed by atoms with Crippen molar-refractivity contribution < 1.29 is 8.42 Å². The van der Waals surface area contributed by atoms with Crippen LogP contribution in [-0.2, 0) is 10.0 Å². The molecular formula is C13H12N2O2S2. The molecule has 2 rings (SSSR count). The van der Waals surface area contributed by atoms with Crippen molar-refractivity contribution in [3.8, 4) is 0 Å². The largest absolute Gasteiger partial charge is 0.389 e. The van der Waals surface area contributed by atoms with Crippen LogP contribution >= 0.6 is 12.2 Å². The second kappa shape index (κ2) is 5.38. The van der Waals surface area contributed by atoms with Gasteiger partial charge in [0.15, 0.2) is 0 Å². The number of thiocarbonyl (C=S) groups is 1. The SMILES string of the molecule is NC(=S)c1cccc(NS(=O)(=O)c2ccccc2)c1. The Morgan fingerprint density at radius 3 is 2.37 bits per heavy atom. The van der Waals surface area contributed by atoms with Crippen LogP contribution in [-0.4, -0.2) is 13.4 Å². The minimum absolute atomic E-state index is 0.204. The summed E-state index contributed by atoms with van der Waals surface area (Å²) in [5.74, 6) is 0. The van der Waals surface area contributed by atoms with Gasteiger partial charge in [0.2, 0.25) is 0 Å². The van der Waals surface area contributed by atoms with Crippen LogP contribution in [0.3, 0.4) is 0 Å². The molecule has 3 N–H and O–H groups in total. The second-order valence-electron chi connectivity index (χ2n) is 3.86. The van der Waals surface area contributed by atoms with Gasteiger partial charge in [-0.25, -0.2) is 8.42 Å². The molecule has 0 aromatic heterocycles. The van der Waals surface area contributed by atoms with Crippen LogP contribution in [0.5, 0.6) is 0 Å². The number of anilines is 1. The first-order valence-electron chi connectivity index (χ1n) is 5.47. The molecule has 0 aliphatic rings. The van der Waals surface area contributed by atoms with Crippen molar-refractivity contribution in [1.29, 1.82) is 0 Å². The molecule has 98 valence electrons. The Morgan fingerprint density at radius 1 is 1.05 bits per heavy atom. The minimum atomic E-state index is -3.59. The predicted molar refractivity (Wildman–Crippen MR) is 79.6 cm³/mol. The summed E-state index contributed by atoms with van der Waals surface area (Å²) < 4.78 is 26.7. The van der Waals surface area contributed by atoms with Crippen LogP contribution in [0.15, 0.2) is 59.5 Å². The van der Waals surface area contributed by atoms with Crippen LogP contribution in [0.25, 0.3) is 0 Å². The molecule has 0 atom stereocenters. The molecular weight excluding hydrogens is 280 g/mol. The second-order valence-corrected chi connectivity index (χ2v) is 5.99. The molecule has 0 aliphatic heterocycles. The highest BCUT2D eigenvalue weighted by Gasteiger charge is 2.13. The van der Waals surface area contributed by atoms with E-state index in [0.717, 1.165) is 0 Å². The van der Waals surface area contributed by atoms with Gasteiger partial charge in [0, 0.05) is 11.3 Å². The molecule has 0 radical (unpaired) electrons. The molecule has 0 saturated heterocycles. The zero-order valence-electron chi connectivity index (χ0n) is 9.91. The van der Waals surface area contributed by atoms with E-state index in [1.165, 1.54) is 12.1 Å². The van der Waals surface area contributed by atoms with Crippen LogP contribution in [0.2, 0.25) is 0 Å². The zero-order valence-corrected chi connectivity index (χ0v) is 11.5. The van der Waals surface area contributed by atoms with Gasteiger partial charge in [0.05, 0.1) is 4.90 Å². The summed E-state index contributed by atoms with van der Waals surface area (Å²) in [4.78, 5) is 0.427. The molecule has 2 aromatic rings. The quantitative estimate of drug-likeness (QED) is 0.847. The highest BCUT2D eigenvalue weighted by molar-refractivity contribution is 7.92. The van der Waals surface area contributed by atoms with E-state index in [1.54, 1.807) is 42.5 Å². The fourth-order valence-electron chi connectivity index (χ4n) is 1.55. The van der Waals surface area contributed by atoms with Crippen molar-refractivity contribution in [1.82, 2.24) is 0 Å². The monoisotopic (exact) mass is 292 g/mol. The maximum Gasteiger partial charge on any atom is 0.261 e. The standard InChI is InChI=1S/C13H12N2O2S2/c14-13(18)10-5-4-6-11(9-10)15-19(16,17)12-7-2-1-3-8-12/h1-9,15H,(H2,14,18). The van der Waals surface area contributed by atoms with Gasteiger partial charge in [-0.1, -0.05) is 42.5 Å². The van der Waals surface area contributed by atoms with Crippen LogP contribution in [0, 0.1) is 0 Å². The van der Waals surface area contributed by atoms with Crippen molar-refractivity contribution >= 4 is 32.9 Å². The Bertz CT molecular complexity index is 698. The van der Waals surface area contributed by atoms with E-state index in [2.05, 4.69) is 4.72 Å². The van der Waals surface area contributed by atoms with Gasteiger partial charge in [-0.2, -0.15) is 0 Å². The number of sulfonamides is 1. The first-order chi connectivity index (χ1) is 8.99. The Hall–Kier alpha value is -1.92. The van der Waals surface area contributed by atoms with Gasteiger partial charge < -0.3 is 5.73 Å². The number of nitrogens with one attached hydrogen (secondary N) is 1. The van der Waals surface area contributed by atoms with E-state index >= 15 is 0 Å². The molecule has 0 amide bonds. The fourth-order valence-corrected chi connectivity index (χ4v) is 2.75. The topological polar surface area (TPSA) is 72.2 Å². The van der Waals surface area contributed by atoms with Crippen LogP contribution in [0.1, 0.15) is 5.56 Å². The Kier molecular flexibility index (Phi) is 3.82. The van der Waals surface area contributed by atoms with E-state index in [9.17, 15) is 8.42 Å². The summed E-state index contributed by atoms with van der Waals surface area (Å²) in [7, 11) is -3.59. The van der Waals surface area contributed by atoms with Crippen molar-refractivity contribution in [2.24, 2.45) is 5.73 Å². The molecule has 19 heavy (non-hydrogen) atoms. The molecule has 0 saturated carbocycles. The summed E-state index contributed by atoms with van der Waals surface area (Å²) in [6, 6.07) is 14.8. The van der Waals surface area contributed by atoms with Crippen LogP contribution < -0.4 is 10.5 Å². The van der Waals surface area contributed by atoms with Gasteiger partial charge in [-0.15, -0.1) is 0 Å². The lowest BCUT2D eigenvalue weighted by Gasteiger charge is -2.09. The molecule has 0 fully saturated rings. The fraction of sp³-hybridized carbons (Fsp3) is 0. The predicted octanol–water partition coefficient (Wildman–Crippen LogP) is 2.12. The maximum atomic E-state index is 12.1. The highest BCUT2D eigenvalue weighted by Crippen LogP contribution is 2.16. The van der Waals surface area contributed by atoms with E-state index in [0.29, 0.717) is 11.3 Å². The van der Waals surface area contributed by atoms with E-state index < -0.39 is 10.0 Å². The van der Waals surface area contributed by atoms with Crippen molar-refractivity contribution in [3.63, 3.8) is 0 Å². The van der Waals surface area contributed by atoms with Crippen LogP contribution in [0.4, 0.5) is 5.69 Å². The molecule has 4 nitrogen and oxygen atoms in total. The summed E-state index contributed by atoms with van der Waals surface area (Å²) in [6.45, 7) is 0. The number of hydrogen-bond acceptors (Lipinski definition) is 3. The van der Waals surface area contributed by atoms with Crippen molar-refractivity contribution in [2.45, 2.75) is 4.90 Å². The van der Waals surface area contributed by atoms with Gasteiger partial charge in [0.25, 0.3) is 10.0 Å². The Balaban J connectivity index is 2.31. The number of benzene rings is 2. The summed E-state index contributed by atoms with van der Waals surface area (Å²) in [5, 5.41) is 0. The average molecular weight is 292 g/mol. The molecule has 6 heteroatoms. The molecule has 0 bridgehead atoms. The van der Waals surface area contributed by atoms with Gasteiger partial charge in [-0.05, 0) is 24.3 Å². The summed E-state index contributed by atoms with van der Waals surface area (Å²) >= 11 is 4.86. The van der Waals surface area contributed by atoms with E-state index in [1.807, 2.05) is 0 Å². The third-order valence-electron chi connectivity index (χ3n) is 2.45. The number of rotatable bonds is 4. The highest BCUT2D eigenvalue weighted by atomic mass is 32.2. The minimum Gasteiger partial charge on any atom is -0.389 e. The Labute approximate surface area is 117 Å². The molecule has 0 heterocycles. The first kappa shape index (κ1) is 13.5. The Morgan fingerprint density at radius 2 is 1.74 bits per heavy atom. The number of nitrogens with two attached hydrogens (primary N) is 1. The molecule has 2 aromatic carbocycles. The van der Waals surface area contributed by atoms with Crippen molar-refractivity contribution in [2.75, 3.05) is 4.72 Å². The molecule has 0 aliphatic carbocycles. The lowest BCUT2D eigenvalue weighted by molar-refractivity contribution is 0.601.